The van der Waals surface area contributed by atoms with Crippen molar-refractivity contribution in [2.45, 2.75) is 19.4 Å². The van der Waals surface area contributed by atoms with Gasteiger partial charge in [-0.2, -0.15) is 0 Å². The Morgan fingerprint density at radius 1 is 1.14 bits per heavy atom. The summed E-state index contributed by atoms with van der Waals surface area (Å²) in [5.74, 6) is 1.29. The number of amides is 1. The number of para-hydroxylation sites is 1. The molecule has 114 valence electrons. The van der Waals surface area contributed by atoms with Crippen LogP contribution >= 0.6 is 0 Å². The molecule has 2 heterocycles. The molecule has 0 spiro atoms. The molecule has 1 aromatic heterocycles. The van der Waals surface area contributed by atoms with Crippen LogP contribution in [0.1, 0.15) is 17.7 Å². The van der Waals surface area contributed by atoms with Crippen molar-refractivity contribution in [3.63, 3.8) is 0 Å². The Bertz CT molecular complexity index is 700. The quantitative estimate of drug-likeness (QED) is 0.870. The number of hydrogen-bond acceptors (Lipinski definition) is 4. The Hall–Kier alpha value is -2.56. The van der Waals surface area contributed by atoms with Crippen LogP contribution in [0.5, 0.6) is 11.5 Å². The van der Waals surface area contributed by atoms with E-state index in [2.05, 4.69) is 11.1 Å². The van der Waals surface area contributed by atoms with E-state index in [1.165, 1.54) is 5.56 Å². The lowest BCUT2D eigenvalue weighted by Gasteiger charge is -2.29. The highest BCUT2D eigenvalue weighted by molar-refractivity contribution is 5.96. The molecule has 1 aromatic carbocycles. The number of benzene rings is 1. The lowest BCUT2D eigenvalue weighted by atomic mass is 10.0. The Kier molecular flexibility index (Phi) is 3.96. The fourth-order valence-electron chi connectivity index (χ4n) is 2.78. The van der Waals surface area contributed by atoms with Gasteiger partial charge in [-0.15, -0.1) is 0 Å². The van der Waals surface area contributed by atoms with Crippen LogP contribution in [-0.4, -0.2) is 25.1 Å². The Morgan fingerprint density at radius 2 is 1.95 bits per heavy atom. The molecule has 1 aliphatic rings. The SMILES string of the molecule is COc1ccnc(CN2C(=O)CCc3ccccc32)c1OC. The van der Waals surface area contributed by atoms with E-state index in [0.717, 1.165) is 12.1 Å². The van der Waals surface area contributed by atoms with Crippen LogP contribution in [0, 0.1) is 0 Å². The zero-order chi connectivity index (χ0) is 15.5. The van der Waals surface area contributed by atoms with Crippen molar-refractivity contribution in [2.75, 3.05) is 19.1 Å². The van der Waals surface area contributed by atoms with Gasteiger partial charge in [-0.25, -0.2) is 0 Å². The van der Waals surface area contributed by atoms with E-state index in [-0.39, 0.29) is 5.91 Å². The topological polar surface area (TPSA) is 51.7 Å². The van der Waals surface area contributed by atoms with Gasteiger partial charge in [-0.05, 0) is 18.1 Å². The number of carbonyl (C=O) groups is 1. The number of rotatable bonds is 4. The van der Waals surface area contributed by atoms with E-state index in [0.29, 0.717) is 30.2 Å². The molecule has 3 rings (SSSR count). The van der Waals surface area contributed by atoms with Gasteiger partial charge < -0.3 is 14.4 Å². The van der Waals surface area contributed by atoms with Crippen molar-refractivity contribution in [1.29, 1.82) is 0 Å². The maximum Gasteiger partial charge on any atom is 0.227 e. The second-order valence-electron chi connectivity index (χ2n) is 5.10. The van der Waals surface area contributed by atoms with Crippen molar-refractivity contribution < 1.29 is 14.3 Å². The van der Waals surface area contributed by atoms with E-state index < -0.39 is 0 Å². The molecule has 0 fully saturated rings. The first-order valence-electron chi connectivity index (χ1n) is 7.18. The normalized spacial score (nSPS) is 13.7. The van der Waals surface area contributed by atoms with Crippen molar-refractivity contribution in [2.24, 2.45) is 0 Å². The number of ether oxygens (including phenoxy) is 2. The molecular weight excluding hydrogens is 280 g/mol. The van der Waals surface area contributed by atoms with E-state index in [1.54, 1.807) is 31.4 Å². The van der Waals surface area contributed by atoms with Crippen molar-refractivity contribution in [1.82, 2.24) is 4.98 Å². The number of methoxy groups -OCH3 is 2. The van der Waals surface area contributed by atoms with Crippen LogP contribution in [0.25, 0.3) is 0 Å². The van der Waals surface area contributed by atoms with Crippen LogP contribution < -0.4 is 14.4 Å². The van der Waals surface area contributed by atoms with E-state index in [9.17, 15) is 4.79 Å². The largest absolute Gasteiger partial charge is 0.493 e. The maximum absolute atomic E-state index is 12.3. The zero-order valence-corrected chi connectivity index (χ0v) is 12.7. The van der Waals surface area contributed by atoms with Crippen molar-refractivity contribution >= 4 is 11.6 Å². The average molecular weight is 298 g/mol. The van der Waals surface area contributed by atoms with Gasteiger partial charge in [-0.3, -0.25) is 9.78 Å². The van der Waals surface area contributed by atoms with Gasteiger partial charge in [0.25, 0.3) is 0 Å². The molecule has 0 N–H and O–H groups in total. The first kappa shape index (κ1) is 14.4. The highest BCUT2D eigenvalue weighted by Crippen LogP contribution is 2.33. The summed E-state index contributed by atoms with van der Waals surface area (Å²) in [6.45, 7) is 0.371. The lowest BCUT2D eigenvalue weighted by molar-refractivity contribution is -0.119. The van der Waals surface area contributed by atoms with Gasteiger partial charge in [0.15, 0.2) is 11.5 Å². The average Bonchev–Trinajstić information content (AvgIpc) is 2.57. The fourth-order valence-corrected chi connectivity index (χ4v) is 2.78. The molecule has 1 amide bonds. The van der Waals surface area contributed by atoms with E-state index >= 15 is 0 Å². The molecule has 0 saturated heterocycles. The molecule has 0 radical (unpaired) electrons. The van der Waals surface area contributed by atoms with Crippen molar-refractivity contribution in [3.8, 4) is 11.5 Å². The second kappa shape index (κ2) is 6.05. The van der Waals surface area contributed by atoms with Crippen LogP contribution in [0.15, 0.2) is 36.5 Å². The number of pyridine rings is 1. The molecule has 5 nitrogen and oxygen atoms in total. The van der Waals surface area contributed by atoms with Gasteiger partial charge >= 0.3 is 0 Å². The first-order valence-corrected chi connectivity index (χ1v) is 7.18. The van der Waals surface area contributed by atoms with E-state index in [1.807, 2.05) is 18.2 Å². The molecule has 0 unspecified atom stereocenters. The molecule has 0 bridgehead atoms. The molecule has 0 aliphatic carbocycles. The number of hydrogen-bond donors (Lipinski definition) is 0. The standard InChI is InChI=1S/C17H18N2O3/c1-21-15-9-10-18-13(17(15)22-2)11-19-14-6-4-3-5-12(14)7-8-16(19)20/h3-6,9-10H,7-8,11H2,1-2H3. The third-order valence-electron chi connectivity index (χ3n) is 3.87. The number of aromatic nitrogens is 1. The number of carbonyl (C=O) groups excluding carboxylic acids is 1. The number of nitrogens with zero attached hydrogens (tertiary/aromatic N) is 2. The highest BCUT2D eigenvalue weighted by atomic mass is 16.5. The van der Waals surface area contributed by atoms with Crippen molar-refractivity contribution in [3.05, 3.63) is 47.8 Å². The minimum Gasteiger partial charge on any atom is -0.493 e. The third-order valence-corrected chi connectivity index (χ3v) is 3.87. The lowest BCUT2D eigenvalue weighted by Crippen LogP contribution is -2.34. The van der Waals surface area contributed by atoms with Crippen LogP contribution in [0.3, 0.4) is 0 Å². The molecule has 22 heavy (non-hydrogen) atoms. The second-order valence-corrected chi connectivity index (χ2v) is 5.10. The minimum atomic E-state index is 0.102. The zero-order valence-electron chi connectivity index (χ0n) is 12.7. The monoisotopic (exact) mass is 298 g/mol. The van der Waals surface area contributed by atoms with E-state index in [4.69, 9.17) is 9.47 Å². The fraction of sp³-hybridized carbons (Fsp3) is 0.294. The number of fused-ring (bicyclic) bond motifs is 1. The van der Waals surface area contributed by atoms with Gasteiger partial charge in [-0.1, -0.05) is 18.2 Å². The molecule has 0 atom stereocenters. The summed E-state index contributed by atoms with van der Waals surface area (Å²) in [6, 6.07) is 9.72. The summed E-state index contributed by atoms with van der Waals surface area (Å²) < 4.78 is 10.7. The smallest absolute Gasteiger partial charge is 0.227 e. The number of anilines is 1. The summed E-state index contributed by atoms with van der Waals surface area (Å²) in [5.41, 5.74) is 2.82. The van der Waals surface area contributed by atoms with Gasteiger partial charge in [0.2, 0.25) is 5.91 Å². The summed E-state index contributed by atoms with van der Waals surface area (Å²) >= 11 is 0. The van der Waals surface area contributed by atoms with Crippen LogP contribution in [-0.2, 0) is 17.8 Å². The minimum absolute atomic E-state index is 0.102. The van der Waals surface area contributed by atoms with Gasteiger partial charge in [0.05, 0.1) is 20.8 Å². The summed E-state index contributed by atoms with van der Waals surface area (Å²) in [5, 5.41) is 0. The number of aryl methyl sites for hydroxylation is 1. The first-order chi connectivity index (χ1) is 10.7. The van der Waals surface area contributed by atoms with Crippen LogP contribution in [0.2, 0.25) is 0 Å². The maximum atomic E-state index is 12.3. The highest BCUT2D eigenvalue weighted by Gasteiger charge is 2.25. The summed E-state index contributed by atoms with van der Waals surface area (Å²) in [4.78, 5) is 18.5. The van der Waals surface area contributed by atoms with Gasteiger partial charge in [0.1, 0.15) is 5.69 Å². The van der Waals surface area contributed by atoms with Gasteiger partial charge in [0, 0.05) is 24.4 Å². The molecular formula is C17H18N2O3. The predicted molar refractivity (Wildman–Crippen MR) is 83.3 cm³/mol. The molecule has 2 aromatic rings. The Balaban J connectivity index is 1.98. The summed E-state index contributed by atoms with van der Waals surface area (Å²) in [6.07, 6.45) is 2.97. The van der Waals surface area contributed by atoms with Crippen LogP contribution in [0.4, 0.5) is 5.69 Å². The molecule has 1 aliphatic heterocycles. The summed E-state index contributed by atoms with van der Waals surface area (Å²) in [7, 11) is 3.16. The Morgan fingerprint density at radius 3 is 2.73 bits per heavy atom. The Labute approximate surface area is 129 Å². The predicted octanol–water partition coefficient (Wildman–Crippen LogP) is 2.58. The third kappa shape index (κ3) is 2.50. The molecule has 5 heteroatoms. The molecule has 0 saturated carbocycles.